The molecule has 25 heavy (non-hydrogen) atoms. The fraction of sp³-hybridized carbons (Fsp3) is 0.562. The molecule has 9 nitrogen and oxygen atoms in total. The van der Waals surface area contributed by atoms with Crippen LogP contribution in [0, 0.1) is 0 Å². The average Bonchev–Trinajstić information content (AvgIpc) is 3.25. The fourth-order valence-corrected chi connectivity index (χ4v) is 3.10. The molecular weight excluding hydrogens is 322 g/mol. The maximum atomic E-state index is 12.3. The van der Waals surface area contributed by atoms with Crippen molar-refractivity contribution in [3.05, 3.63) is 31.2 Å². The lowest BCUT2D eigenvalue weighted by molar-refractivity contribution is -0.133. The van der Waals surface area contributed by atoms with Crippen molar-refractivity contribution in [1.29, 1.82) is 0 Å². The summed E-state index contributed by atoms with van der Waals surface area (Å²) in [4.78, 5) is 28.1. The molecule has 1 unspecified atom stereocenters. The molecule has 0 radical (unpaired) electrons. The number of aliphatic hydroxyl groups is 1. The topological polar surface area (TPSA) is 100 Å². The third-order valence-electron chi connectivity index (χ3n) is 4.41. The van der Waals surface area contributed by atoms with Gasteiger partial charge >= 0.3 is 0 Å². The van der Waals surface area contributed by atoms with Gasteiger partial charge in [-0.05, 0) is 12.8 Å². The molecule has 0 saturated carbocycles. The second-order valence-electron chi connectivity index (χ2n) is 6.47. The van der Waals surface area contributed by atoms with Crippen molar-refractivity contribution in [3.63, 3.8) is 0 Å². The van der Waals surface area contributed by atoms with Gasteiger partial charge < -0.3 is 14.9 Å². The van der Waals surface area contributed by atoms with Gasteiger partial charge in [0.25, 0.3) is 0 Å². The predicted molar refractivity (Wildman–Crippen MR) is 90.7 cm³/mol. The minimum atomic E-state index is -0.923. The van der Waals surface area contributed by atoms with Crippen LogP contribution in [-0.2, 0) is 11.3 Å². The van der Waals surface area contributed by atoms with Gasteiger partial charge in [0.15, 0.2) is 0 Å². The van der Waals surface area contributed by atoms with Crippen molar-refractivity contribution in [1.82, 2.24) is 29.6 Å². The summed E-state index contributed by atoms with van der Waals surface area (Å²) < 4.78 is 1.70. The SMILES string of the molecule is CN(CC1(O)CCN(c2cnccn2)C1)C(=O)CCCn1cncn1. The van der Waals surface area contributed by atoms with Gasteiger partial charge in [-0.15, -0.1) is 0 Å². The molecule has 9 heteroatoms. The second-order valence-corrected chi connectivity index (χ2v) is 6.47. The summed E-state index contributed by atoms with van der Waals surface area (Å²) in [5.74, 6) is 0.770. The quantitative estimate of drug-likeness (QED) is 0.751. The van der Waals surface area contributed by atoms with Crippen LogP contribution in [0.5, 0.6) is 0 Å². The monoisotopic (exact) mass is 345 g/mol. The van der Waals surface area contributed by atoms with E-state index >= 15 is 0 Å². The number of nitrogens with zero attached hydrogens (tertiary/aromatic N) is 7. The Kier molecular flexibility index (Phi) is 5.22. The van der Waals surface area contributed by atoms with Crippen molar-refractivity contribution in [2.45, 2.75) is 31.4 Å². The largest absolute Gasteiger partial charge is 0.386 e. The van der Waals surface area contributed by atoms with E-state index in [1.165, 1.54) is 6.33 Å². The molecule has 3 heterocycles. The number of aromatic nitrogens is 5. The molecule has 2 aromatic heterocycles. The molecule has 134 valence electrons. The van der Waals surface area contributed by atoms with Gasteiger partial charge in [-0.2, -0.15) is 5.10 Å². The van der Waals surface area contributed by atoms with E-state index in [4.69, 9.17) is 0 Å². The van der Waals surface area contributed by atoms with E-state index in [9.17, 15) is 9.90 Å². The van der Waals surface area contributed by atoms with Crippen molar-refractivity contribution < 1.29 is 9.90 Å². The summed E-state index contributed by atoms with van der Waals surface area (Å²) >= 11 is 0. The van der Waals surface area contributed by atoms with Gasteiger partial charge in [-0.3, -0.25) is 14.5 Å². The molecule has 1 aliphatic heterocycles. The number of β-amino-alcohol motifs (C(OH)–C–C–N with tert-alkyl or cyclic N) is 1. The Morgan fingerprint density at radius 3 is 3.00 bits per heavy atom. The zero-order chi connectivity index (χ0) is 17.7. The van der Waals surface area contributed by atoms with Crippen LogP contribution in [0.4, 0.5) is 5.82 Å². The van der Waals surface area contributed by atoms with Crippen LogP contribution in [-0.4, -0.2) is 72.9 Å². The first-order chi connectivity index (χ1) is 12.1. The standard InChI is InChI=1S/C16H23N7O2/c1-21(15(24)3-2-7-23-13-18-12-20-23)10-16(25)4-8-22(11-16)14-9-17-5-6-19-14/h5-6,9,12-13,25H,2-4,7-8,10-11H2,1H3. The number of anilines is 1. The first kappa shape index (κ1) is 17.3. The van der Waals surface area contributed by atoms with E-state index in [0.717, 1.165) is 5.82 Å². The number of carbonyl (C=O) groups excluding carboxylic acids is 1. The Morgan fingerprint density at radius 2 is 2.28 bits per heavy atom. The number of amides is 1. The van der Waals surface area contributed by atoms with Gasteiger partial charge in [-0.1, -0.05) is 0 Å². The summed E-state index contributed by atoms with van der Waals surface area (Å²) in [5, 5.41) is 14.8. The number of hydrogen-bond donors (Lipinski definition) is 1. The first-order valence-corrected chi connectivity index (χ1v) is 8.35. The van der Waals surface area contributed by atoms with Gasteiger partial charge in [-0.25, -0.2) is 9.97 Å². The molecular formula is C16H23N7O2. The molecule has 1 saturated heterocycles. The molecule has 2 aromatic rings. The van der Waals surface area contributed by atoms with E-state index in [1.807, 2.05) is 4.90 Å². The lowest BCUT2D eigenvalue weighted by Crippen LogP contribution is -2.45. The van der Waals surface area contributed by atoms with Crippen LogP contribution >= 0.6 is 0 Å². The fourth-order valence-electron chi connectivity index (χ4n) is 3.10. The predicted octanol–water partition coefficient (Wildman–Crippen LogP) is -0.0519. The molecule has 1 fully saturated rings. The van der Waals surface area contributed by atoms with E-state index in [-0.39, 0.29) is 5.91 Å². The molecule has 0 spiro atoms. The van der Waals surface area contributed by atoms with Gasteiger partial charge in [0.1, 0.15) is 24.1 Å². The highest BCUT2D eigenvalue weighted by atomic mass is 16.3. The Bertz CT molecular complexity index is 679. The molecule has 1 aliphatic rings. The van der Waals surface area contributed by atoms with E-state index < -0.39 is 5.60 Å². The Hall–Kier alpha value is -2.55. The van der Waals surface area contributed by atoms with E-state index in [0.29, 0.717) is 45.4 Å². The van der Waals surface area contributed by atoms with Crippen LogP contribution in [0.2, 0.25) is 0 Å². The lowest BCUT2D eigenvalue weighted by Gasteiger charge is -2.29. The van der Waals surface area contributed by atoms with Crippen LogP contribution in [0.1, 0.15) is 19.3 Å². The summed E-state index contributed by atoms with van der Waals surface area (Å²) in [6.07, 6.45) is 9.76. The first-order valence-electron chi connectivity index (χ1n) is 8.35. The Balaban J connectivity index is 1.46. The number of carbonyl (C=O) groups is 1. The molecule has 3 rings (SSSR count). The number of aryl methyl sites for hydroxylation is 1. The average molecular weight is 345 g/mol. The highest BCUT2D eigenvalue weighted by Crippen LogP contribution is 2.25. The molecule has 0 aliphatic carbocycles. The number of rotatable bonds is 7. The van der Waals surface area contributed by atoms with Gasteiger partial charge in [0.05, 0.1) is 12.7 Å². The molecule has 1 atom stereocenters. The zero-order valence-electron chi connectivity index (χ0n) is 14.3. The Morgan fingerprint density at radius 1 is 1.40 bits per heavy atom. The summed E-state index contributed by atoms with van der Waals surface area (Å²) in [7, 11) is 1.74. The highest BCUT2D eigenvalue weighted by molar-refractivity contribution is 5.75. The van der Waals surface area contributed by atoms with E-state index in [1.54, 1.807) is 41.5 Å². The van der Waals surface area contributed by atoms with Crippen molar-refractivity contribution in [2.75, 3.05) is 31.6 Å². The van der Waals surface area contributed by atoms with Gasteiger partial charge in [0.2, 0.25) is 5.91 Å². The minimum absolute atomic E-state index is 0.0199. The van der Waals surface area contributed by atoms with Crippen molar-refractivity contribution >= 4 is 11.7 Å². The highest BCUT2D eigenvalue weighted by Gasteiger charge is 2.38. The molecule has 1 N–H and O–H groups in total. The van der Waals surface area contributed by atoms with Crippen molar-refractivity contribution in [3.8, 4) is 0 Å². The smallest absolute Gasteiger partial charge is 0.222 e. The summed E-state index contributed by atoms with van der Waals surface area (Å²) in [5.41, 5.74) is -0.923. The third-order valence-corrected chi connectivity index (χ3v) is 4.41. The maximum absolute atomic E-state index is 12.3. The van der Waals surface area contributed by atoms with Crippen LogP contribution in [0.15, 0.2) is 31.2 Å². The lowest BCUT2D eigenvalue weighted by atomic mass is 10.0. The molecule has 0 aromatic carbocycles. The van der Waals surface area contributed by atoms with Crippen LogP contribution in [0.25, 0.3) is 0 Å². The normalized spacial score (nSPS) is 20.0. The molecule has 1 amide bonds. The summed E-state index contributed by atoms with van der Waals surface area (Å²) in [6.45, 7) is 2.11. The van der Waals surface area contributed by atoms with Crippen LogP contribution < -0.4 is 4.90 Å². The minimum Gasteiger partial charge on any atom is -0.386 e. The summed E-state index contributed by atoms with van der Waals surface area (Å²) in [6, 6.07) is 0. The zero-order valence-corrected chi connectivity index (χ0v) is 14.3. The third kappa shape index (κ3) is 4.50. The number of hydrogen-bond acceptors (Lipinski definition) is 7. The molecule has 0 bridgehead atoms. The second kappa shape index (κ2) is 7.56. The van der Waals surface area contributed by atoms with Crippen LogP contribution in [0.3, 0.4) is 0 Å². The number of likely N-dealkylation sites (N-methyl/N-ethyl adjacent to an activating group) is 1. The maximum Gasteiger partial charge on any atom is 0.222 e. The van der Waals surface area contributed by atoms with Gasteiger partial charge in [0, 0.05) is 45.5 Å². The van der Waals surface area contributed by atoms with E-state index in [2.05, 4.69) is 20.1 Å². The Labute approximate surface area is 146 Å². The van der Waals surface area contributed by atoms with Crippen molar-refractivity contribution in [2.24, 2.45) is 0 Å².